The highest BCUT2D eigenvalue weighted by Gasteiger charge is 2.32. The summed E-state index contributed by atoms with van der Waals surface area (Å²) in [7, 11) is 0. The molecule has 1 fully saturated rings. The van der Waals surface area contributed by atoms with Crippen molar-refractivity contribution in [1.82, 2.24) is 24.6 Å². The zero-order valence-corrected chi connectivity index (χ0v) is 20.0. The Morgan fingerprint density at radius 3 is 2.78 bits per heavy atom. The number of carbonyl (C=O) groups is 1. The van der Waals surface area contributed by atoms with E-state index < -0.39 is 0 Å². The molecule has 1 aliphatic heterocycles. The Hall–Kier alpha value is -2.42. The molecule has 0 spiro atoms. The number of halogens is 1. The summed E-state index contributed by atoms with van der Waals surface area (Å²) >= 11 is 9.14. The summed E-state index contributed by atoms with van der Waals surface area (Å²) in [5.74, 6) is 1.24. The molecule has 1 atom stereocenters. The first-order valence-electron chi connectivity index (χ1n) is 10.6. The van der Waals surface area contributed by atoms with Gasteiger partial charge >= 0.3 is 0 Å². The number of aromatic nitrogens is 4. The van der Waals surface area contributed by atoms with Crippen molar-refractivity contribution in [2.75, 3.05) is 12.3 Å². The predicted octanol–water partition coefficient (Wildman–Crippen LogP) is 5.68. The molecule has 164 valence electrons. The van der Waals surface area contributed by atoms with E-state index in [4.69, 9.17) is 16.6 Å². The number of rotatable bonds is 6. The average Bonchev–Trinajstić information content (AvgIpc) is 3.55. The fraction of sp³-hybridized carbons (Fsp3) is 0.304. The number of benzene rings is 2. The molecular formula is C23H22ClN5OS2. The van der Waals surface area contributed by atoms with E-state index in [1.807, 2.05) is 51.9 Å². The van der Waals surface area contributed by atoms with Crippen LogP contribution in [0.1, 0.15) is 30.8 Å². The maximum absolute atomic E-state index is 13.1. The highest BCUT2D eigenvalue weighted by molar-refractivity contribution is 7.99. The molecule has 6 nitrogen and oxygen atoms in total. The van der Waals surface area contributed by atoms with Gasteiger partial charge in [-0.15, -0.1) is 21.5 Å². The van der Waals surface area contributed by atoms with Gasteiger partial charge in [0.15, 0.2) is 11.0 Å². The molecule has 32 heavy (non-hydrogen) atoms. The maximum atomic E-state index is 13.1. The van der Waals surface area contributed by atoms with Crippen LogP contribution in [0.15, 0.2) is 53.7 Å². The Kier molecular flexibility index (Phi) is 6.17. The monoisotopic (exact) mass is 483 g/mol. The third kappa shape index (κ3) is 4.14. The number of para-hydroxylation sites is 1. The molecule has 2 aromatic heterocycles. The minimum Gasteiger partial charge on any atom is -0.332 e. The van der Waals surface area contributed by atoms with Gasteiger partial charge in [-0.05, 0) is 56.2 Å². The lowest BCUT2D eigenvalue weighted by atomic mass is 10.2. The van der Waals surface area contributed by atoms with Crippen molar-refractivity contribution in [3.05, 3.63) is 58.6 Å². The Labute approximate surface area is 199 Å². The van der Waals surface area contributed by atoms with Crippen molar-refractivity contribution < 1.29 is 4.79 Å². The fourth-order valence-electron chi connectivity index (χ4n) is 4.06. The third-order valence-electron chi connectivity index (χ3n) is 5.63. The van der Waals surface area contributed by atoms with Crippen molar-refractivity contribution in [1.29, 1.82) is 0 Å². The highest BCUT2D eigenvalue weighted by Crippen LogP contribution is 2.37. The molecule has 2 aromatic carbocycles. The quantitative estimate of drug-likeness (QED) is 0.330. The fourth-order valence-corrected chi connectivity index (χ4v) is 6.19. The molecule has 0 bridgehead atoms. The van der Waals surface area contributed by atoms with Crippen molar-refractivity contribution in [2.24, 2.45) is 0 Å². The van der Waals surface area contributed by atoms with Crippen molar-refractivity contribution in [2.45, 2.75) is 37.5 Å². The van der Waals surface area contributed by atoms with Crippen molar-refractivity contribution >= 4 is 50.8 Å². The molecule has 3 heterocycles. The Bertz CT molecular complexity index is 1220. The van der Waals surface area contributed by atoms with E-state index in [1.54, 1.807) is 11.3 Å². The number of nitrogens with zero attached hydrogens (tertiary/aromatic N) is 5. The lowest BCUT2D eigenvalue weighted by molar-refractivity contribution is -0.129. The average molecular weight is 484 g/mol. The van der Waals surface area contributed by atoms with E-state index in [9.17, 15) is 4.79 Å². The summed E-state index contributed by atoms with van der Waals surface area (Å²) in [5, 5.41) is 11.2. The van der Waals surface area contributed by atoms with E-state index in [0.29, 0.717) is 10.8 Å². The Morgan fingerprint density at radius 1 is 1.19 bits per heavy atom. The van der Waals surface area contributed by atoms with E-state index in [2.05, 4.69) is 23.2 Å². The molecule has 1 saturated heterocycles. The van der Waals surface area contributed by atoms with Crippen LogP contribution in [0, 0.1) is 0 Å². The molecule has 5 rings (SSSR count). The molecule has 0 aliphatic carbocycles. The largest absolute Gasteiger partial charge is 0.332 e. The second kappa shape index (κ2) is 9.21. The summed E-state index contributed by atoms with van der Waals surface area (Å²) < 4.78 is 3.21. The van der Waals surface area contributed by atoms with Crippen LogP contribution in [0.4, 0.5) is 0 Å². The second-order valence-electron chi connectivity index (χ2n) is 7.61. The standard InChI is InChI=1S/C23H22ClN5OS2/c1-2-28-21(15-9-11-16(24)12-10-15)26-27-23(28)31-14-20(30)29-13-5-7-18(29)22-25-17-6-3-4-8-19(17)32-22/h3-4,6,8-12,18H,2,5,7,13-14H2,1H3. The second-order valence-corrected chi connectivity index (χ2v) is 10.1. The number of carbonyl (C=O) groups excluding carboxylic acids is 1. The number of thioether (sulfide) groups is 1. The number of hydrogen-bond donors (Lipinski definition) is 0. The maximum Gasteiger partial charge on any atom is 0.233 e. The highest BCUT2D eigenvalue weighted by atomic mass is 35.5. The van der Waals surface area contributed by atoms with E-state index in [0.717, 1.165) is 53.0 Å². The summed E-state index contributed by atoms with van der Waals surface area (Å²) in [6.45, 7) is 3.55. The van der Waals surface area contributed by atoms with Gasteiger partial charge in [-0.25, -0.2) is 4.98 Å². The van der Waals surface area contributed by atoms with Crippen LogP contribution in [0.2, 0.25) is 5.02 Å². The van der Waals surface area contributed by atoms with Crippen LogP contribution in [-0.2, 0) is 11.3 Å². The first kappa shape index (κ1) is 21.4. The molecular weight excluding hydrogens is 462 g/mol. The van der Waals surface area contributed by atoms with Gasteiger partial charge in [0.05, 0.1) is 22.0 Å². The van der Waals surface area contributed by atoms with Crippen LogP contribution in [0.5, 0.6) is 0 Å². The van der Waals surface area contributed by atoms with Gasteiger partial charge in [0.1, 0.15) is 5.01 Å². The molecule has 0 saturated carbocycles. The summed E-state index contributed by atoms with van der Waals surface area (Å²) in [5.41, 5.74) is 1.96. The van der Waals surface area contributed by atoms with Crippen LogP contribution in [0.3, 0.4) is 0 Å². The number of hydrogen-bond acceptors (Lipinski definition) is 6. The van der Waals surface area contributed by atoms with Gasteiger partial charge in [-0.2, -0.15) is 0 Å². The van der Waals surface area contributed by atoms with Crippen molar-refractivity contribution in [3.63, 3.8) is 0 Å². The summed E-state index contributed by atoms with van der Waals surface area (Å²) in [6, 6.07) is 15.8. The Balaban J connectivity index is 1.30. The first-order chi connectivity index (χ1) is 15.6. The molecule has 1 amide bonds. The minimum absolute atomic E-state index is 0.0640. The normalized spacial score (nSPS) is 16.2. The molecule has 0 radical (unpaired) electrons. The smallest absolute Gasteiger partial charge is 0.233 e. The number of amides is 1. The zero-order chi connectivity index (χ0) is 22.1. The molecule has 4 aromatic rings. The number of thiazole rings is 1. The summed E-state index contributed by atoms with van der Waals surface area (Å²) in [4.78, 5) is 19.9. The lowest BCUT2D eigenvalue weighted by Crippen LogP contribution is -2.32. The molecule has 1 unspecified atom stereocenters. The molecule has 0 N–H and O–H groups in total. The van der Waals surface area contributed by atoms with Crippen LogP contribution >= 0.6 is 34.7 Å². The first-order valence-corrected chi connectivity index (χ1v) is 12.8. The van der Waals surface area contributed by atoms with Gasteiger partial charge < -0.3 is 9.47 Å². The zero-order valence-electron chi connectivity index (χ0n) is 17.6. The number of fused-ring (bicyclic) bond motifs is 1. The van der Waals surface area contributed by atoms with Gasteiger partial charge in [-0.1, -0.05) is 35.5 Å². The van der Waals surface area contributed by atoms with E-state index in [-0.39, 0.29) is 11.9 Å². The molecule has 9 heteroatoms. The molecule has 1 aliphatic rings. The van der Waals surface area contributed by atoms with E-state index in [1.165, 1.54) is 16.5 Å². The van der Waals surface area contributed by atoms with Gasteiger partial charge in [0.2, 0.25) is 5.91 Å². The minimum atomic E-state index is 0.0640. The van der Waals surface area contributed by atoms with Crippen molar-refractivity contribution in [3.8, 4) is 11.4 Å². The van der Waals surface area contributed by atoms with Crippen LogP contribution in [-0.4, -0.2) is 42.9 Å². The topological polar surface area (TPSA) is 63.9 Å². The predicted molar refractivity (Wildman–Crippen MR) is 130 cm³/mol. The van der Waals surface area contributed by atoms with Gasteiger partial charge in [0, 0.05) is 23.7 Å². The van der Waals surface area contributed by atoms with Gasteiger partial charge in [-0.3, -0.25) is 4.79 Å². The Morgan fingerprint density at radius 2 is 2.00 bits per heavy atom. The van der Waals surface area contributed by atoms with Gasteiger partial charge in [0.25, 0.3) is 0 Å². The lowest BCUT2D eigenvalue weighted by Gasteiger charge is -2.22. The van der Waals surface area contributed by atoms with Crippen LogP contribution in [0.25, 0.3) is 21.6 Å². The SMILES string of the molecule is CCn1c(SCC(=O)N2CCCC2c2nc3ccccc3s2)nnc1-c1ccc(Cl)cc1. The third-order valence-corrected chi connectivity index (χ3v) is 7.97. The van der Waals surface area contributed by atoms with E-state index >= 15 is 0 Å². The summed E-state index contributed by atoms with van der Waals surface area (Å²) in [6.07, 6.45) is 1.96. The number of likely N-dealkylation sites (tertiary alicyclic amines) is 1. The van der Waals surface area contributed by atoms with Crippen LogP contribution < -0.4 is 0 Å².